The molecule has 6 nitrogen and oxygen atoms in total. The van der Waals surface area contributed by atoms with Crippen molar-refractivity contribution in [2.45, 2.75) is 52.1 Å². The van der Waals surface area contributed by atoms with E-state index in [1.165, 1.54) is 0 Å². The predicted molar refractivity (Wildman–Crippen MR) is 106 cm³/mol. The first-order valence-electron chi connectivity index (χ1n) is 10.2. The zero-order valence-electron chi connectivity index (χ0n) is 16.6. The van der Waals surface area contributed by atoms with Gasteiger partial charge >= 0.3 is 0 Å². The van der Waals surface area contributed by atoms with E-state index in [0.717, 1.165) is 48.3 Å². The molecule has 0 radical (unpaired) electrons. The van der Waals surface area contributed by atoms with Crippen molar-refractivity contribution < 1.29 is 9.59 Å². The number of nitrogens with one attached hydrogen (secondary N) is 2. The maximum atomic E-state index is 13.3. The maximum Gasteiger partial charge on any atom is 0.255 e. The Hall–Kier alpha value is -2.63. The van der Waals surface area contributed by atoms with E-state index < -0.39 is 5.66 Å². The van der Waals surface area contributed by atoms with Crippen molar-refractivity contribution in [2.75, 3.05) is 5.32 Å². The number of rotatable bonds is 1. The lowest BCUT2D eigenvalue weighted by Gasteiger charge is -2.56. The zero-order valence-corrected chi connectivity index (χ0v) is 16.6. The van der Waals surface area contributed by atoms with Gasteiger partial charge in [0.1, 0.15) is 5.66 Å². The minimum atomic E-state index is -0.434. The summed E-state index contributed by atoms with van der Waals surface area (Å²) in [6.07, 6.45) is 3.63. The fourth-order valence-corrected chi connectivity index (χ4v) is 5.54. The van der Waals surface area contributed by atoms with E-state index >= 15 is 0 Å². The second kappa shape index (κ2) is 5.93. The zero-order chi connectivity index (χ0) is 19.6. The van der Waals surface area contributed by atoms with E-state index in [1.54, 1.807) is 4.68 Å². The normalized spacial score (nSPS) is 30.7. The average Bonchev–Trinajstić information content (AvgIpc) is 2.95. The summed E-state index contributed by atoms with van der Waals surface area (Å²) in [6.45, 7) is 5.94. The number of fused-ring (bicyclic) bond motifs is 3. The van der Waals surface area contributed by atoms with Crippen LogP contribution in [0.3, 0.4) is 0 Å². The molecule has 146 valence electrons. The molecule has 0 saturated heterocycles. The lowest BCUT2D eigenvalue weighted by Crippen LogP contribution is -2.67. The van der Waals surface area contributed by atoms with E-state index in [2.05, 4.69) is 15.7 Å². The fourth-order valence-electron chi connectivity index (χ4n) is 5.54. The maximum absolute atomic E-state index is 13.3. The van der Waals surface area contributed by atoms with E-state index in [1.807, 2.05) is 45.0 Å². The summed E-state index contributed by atoms with van der Waals surface area (Å²) >= 11 is 0. The van der Waals surface area contributed by atoms with Crippen LogP contribution in [0.15, 0.2) is 24.3 Å². The molecule has 28 heavy (non-hydrogen) atoms. The molecule has 2 N–H and O–H groups in total. The molecule has 1 aromatic carbocycles. The molecule has 6 rings (SSSR count). The van der Waals surface area contributed by atoms with Gasteiger partial charge in [-0.1, -0.05) is 12.1 Å². The predicted octanol–water partition coefficient (Wildman–Crippen LogP) is 3.44. The number of para-hydroxylation sites is 1. The molecule has 6 heteroatoms. The monoisotopic (exact) mass is 378 g/mol. The molecule has 2 heterocycles. The first-order valence-corrected chi connectivity index (χ1v) is 10.2. The summed E-state index contributed by atoms with van der Waals surface area (Å²) in [4.78, 5) is 26.0. The van der Waals surface area contributed by atoms with Gasteiger partial charge in [0, 0.05) is 23.2 Å². The summed E-state index contributed by atoms with van der Waals surface area (Å²) in [6, 6.07) is 7.66. The number of aromatic nitrogens is 2. The van der Waals surface area contributed by atoms with Crippen LogP contribution in [-0.2, 0) is 0 Å². The Morgan fingerprint density at radius 2 is 1.96 bits per heavy atom. The smallest absolute Gasteiger partial charge is 0.255 e. The first-order chi connectivity index (χ1) is 13.4. The number of carbonyl (C=O) groups excluding carboxylic acids is 2. The molecular formula is C22H26N4O2. The van der Waals surface area contributed by atoms with Gasteiger partial charge in [-0.25, -0.2) is 4.68 Å². The van der Waals surface area contributed by atoms with Crippen molar-refractivity contribution in [3.8, 4) is 0 Å². The number of amides is 1. The molecule has 1 amide bonds. The molecule has 3 saturated carbocycles. The third kappa shape index (κ3) is 2.36. The number of anilines is 1. The molecule has 1 spiro atoms. The van der Waals surface area contributed by atoms with E-state index in [9.17, 15) is 9.59 Å². The fraction of sp³-hybridized carbons (Fsp3) is 0.500. The molecule has 4 atom stereocenters. The Labute approximate surface area is 164 Å². The van der Waals surface area contributed by atoms with Gasteiger partial charge in [0.25, 0.3) is 5.91 Å². The number of hydrogen-bond donors (Lipinski definition) is 2. The van der Waals surface area contributed by atoms with Crippen LogP contribution < -0.4 is 10.6 Å². The van der Waals surface area contributed by atoms with Crippen LogP contribution in [-0.4, -0.2) is 27.3 Å². The molecular weight excluding hydrogens is 352 g/mol. The van der Waals surface area contributed by atoms with Gasteiger partial charge < -0.3 is 10.6 Å². The standard InChI is InChI=1S/C22H26N4O2/c1-12-13(2)25-26(14(12)3)21(28)18-10-16-9-8-15(18)11-22(16)23-19-7-5-4-6-17(19)20(27)24-22/h4-7,15-16,18,23H,8-11H2,1-3H3,(H,24,27)/t15-,16+,18-,22+/m1/s1. The van der Waals surface area contributed by atoms with Crippen molar-refractivity contribution >= 4 is 17.5 Å². The second-order valence-electron chi connectivity index (χ2n) is 8.72. The lowest BCUT2D eigenvalue weighted by atomic mass is 9.58. The van der Waals surface area contributed by atoms with Gasteiger partial charge in [0.2, 0.25) is 5.91 Å². The van der Waals surface area contributed by atoms with Gasteiger partial charge in [0.15, 0.2) is 0 Å². The van der Waals surface area contributed by atoms with E-state index in [-0.39, 0.29) is 29.6 Å². The van der Waals surface area contributed by atoms with Gasteiger partial charge in [0.05, 0.1) is 11.3 Å². The van der Waals surface area contributed by atoms with Gasteiger partial charge in [-0.05, 0) is 70.1 Å². The minimum Gasteiger partial charge on any atom is -0.362 e. The molecule has 3 fully saturated rings. The lowest BCUT2D eigenvalue weighted by molar-refractivity contribution is 0.00907. The highest BCUT2D eigenvalue weighted by Gasteiger charge is 2.55. The van der Waals surface area contributed by atoms with Crippen molar-refractivity contribution in [1.29, 1.82) is 0 Å². The largest absolute Gasteiger partial charge is 0.362 e. The van der Waals surface area contributed by atoms with Crippen molar-refractivity contribution in [3.05, 3.63) is 46.8 Å². The summed E-state index contributed by atoms with van der Waals surface area (Å²) in [5.41, 5.74) is 4.11. The molecule has 1 aromatic heterocycles. The third-order valence-electron chi connectivity index (χ3n) is 7.32. The molecule has 4 aliphatic rings. The number of benzene rings is 1. The van der Waals surface area contributed by atoms with Crippen LogP contribution in [0.25, 0.3) is 0 Å². The third-order valence-corrected chi connectivity index (χ3v) is 7.32. The van der Waals surface area contributed by atoms with Gasteiger partial charge in [-0.15, -0.1) is 0 Å². The molecule has 3 aliphatic carbocycles. The van der Waals surface area contributed by atoms with Gasteiger partial charge in [-0.2, -0.15) is 5.10 Å². The Balaban J connectivity index is 1.44. The van der Waals surface area contributed by atoms with Crippen LogP contribution >= 0.6 is 0 Å². The van der Waals surface area contributed by atoms with Crippen molar-refractivity contribution in [1.82, 2.24) is 15.1 Å². The Kier molecular flexibility index (Phi) is 3.70. The highest BCUT2D eigenvalue weighted by molar-refractivity contribution is 6.02. The molecule has 1 aliphatic heterocycles. The van der Waals surface area contributed by atoms with Crippen molar-refractivity contribution in [2.24, 2.45) is 17.8 Å². The number of aryl methyl sites for hydroxylation is 1. The summed E-state index contributed by atoms with van der Waals surface area (Å²) in [7, 11) is 0. The topological polar surface area (TPSA) is 76.0 Å². The molecule has 2 aromatic rings. The number of hydrogen-bond acceptors (Lipinski definition) is 4. The van der Waals surface area contributed by atoms with Crippen LogP contribution in [0.5, 0.6) is 0 Å². The summed E-state index contributed by atoms with van der Waals surface area (Å²) in [5.74, 6) is 0.555. The summed E-state index contributed by atoms with van der Waals surface area (Å²) in [5, 5.41) is 11.4. The molecule has 2 bridgehead atoms. The highest BCUT2D eigenvalue weighted by Crippen LogP contribution is 2.52. The number of nitrogens with zero attached hydrogens (tertiary/aromatic N) is 2. The highest BCUT2D eigenvalue weighted by atomic mass is 16.2. The first kappa shape index (κ1) is 17.5. The van der Waals surface area contributed by atoms with Crippen LogP contribution in [0.4, 0.5) is 5.69 Å². The van der Waals surface area contributed by atoms with E-state index in [0.29, 0.717) is 5.56 Å². The van der Waals surface area contributed by atoms with Crippen LogP contribution in [0.2, 0.25) is 0 Å². The number of carbonyl (C=O) groups is 2. The SMILES string of the molecule is Cc1nn(C(=O)[C@@H]2C[C@@H]3CC[C@@H]2C[C@]32NC(=O)c3ccccc3N2)c(C)c1C. The van der Waals surface area contributed by atoms with Crippen LogP contribution in [0.1, 0.15) is 57.8 Å². The second-order valence-corrected chi connectivity index (χ2v) is 8.72. The van der Waals surface area contributed by atoms with Crippen LogP contribution in [0, 0.1) is 38.5 Å². The minimum absolute atomic E-state index is 0.0149. The Morgan fingerprint density at radius 3 is 2.64 bits per heavy atom. The Morgan fingerprint density at radius 1 is 1.18 bits per heavy atom. The van der Waals surface area contributed by atoms with Gasteiger partial charge in [-0.3, -0.25) is 9.59 Å². The Bertz CT molecular complexity index is 994. The van der Waals surface area contributed by atoms with Crippen molar-refractivity contribution in [3.63, 3.8) is 0 Å². The molecule has 0 unspecified atom stereocenters. The summed E-state index contributed by atoms with van der Waals surface area (Å²) < 4.78 is 1.62. The van der Waals surface area contributed by atoms with E-state index in [4.69, 9.17) is 0 Å². The average molecular weight is 378 g/mol. The quantitative estimate of drug-likeness (QED) is 0.797.